The van der Waals surface area contributed by atoms with Crippen LogP contribution in [-0.2, 0) is 4.79 Å². The third-order valence-electron chi connectivity index (χ3n) is 2.73. The highest BCUT2D eigenvalue weighted by atomic mass is 16.4. The summed E-state index contributed by atoms with van der Waals surface area (Å²) in [6.45, 7) is 0.916. The van der Waals surface area contributed by atoms with Crippen LogP contribution >= 0.6 is 0 Å². The number of carboxylic acids is 1. The Balaban J connectivity index is 1.98. The van der Waals surface area contributed by atoms with Crippen molar-refractivity contribution >= 4 is 5.97 Å². The van der Waals surface area contributed by atoms with E-state index in [0.717, 1.165) is 19.4 Å². The lowest BCUT2D eigenvalue weighted by Gasteiger charge is -2.42. The van der Waals surface area contributed by atoms with Gasteiger partial charge in [-0.3, -0.25) is 9.69 Å². The molecule has 3 nitrogen and oxygen atoms in total. The Morgan fingerprint density at radius 3 is 2.77 bits per heavy atom. The van der Waals surface area contributed by atoms with Crippen molar-refractivity contribution in [2.75, 3.05) is 6.54 Å². The van der Waals surface area contributed by atoms with Gasteiger partial charge in [0, 0.05) is 12.6 Å². The van der Waals surface area contributed by atoms with Crippen LogP contribution in [0.1, 0.15) is 12.8 Å². The fourth-order valence-corrected chi connectivity index (χ4v) is 1.88. The van der Waals surface area contributed by atoms with Gasteiger partial charge in [0.05, 0.1) is 0 Å². The Kier molecular flexibility index (Phi) is 2.19. The molecule has 0 bridgehead atoms. The van der Waals surface area contributed by atoms with Crippen LogP contribution in [0.15, 0.2) is 24.3 Å². The molecule has 0 spiro atoms. The van der Waals surface area contributed by atoms with E-state index in [-0.39, 0.29) is 6.04 Å². The Bertz CT molecular complexity index is 270. The van der Waals surface area contributed by atoms with Crippen molar-refractivity contribution in [1.82, 2.24) is 4.90 Å². The highest BCUT2D eigenvalue weighted by Crippen LogP contribution is 2.24. The molecule has 2 rings (SSSR count). The predicted octanol–water partition coefficient (Wildman–Crippen LogP) is 1.03. The number of rotatable bonds is 2. The maximum Gasteiger partial charge on any atom is 0.320 e. The fourth-order valence-electron chi connectivity index (χ4n) is 1.88. The van der Waals surface area contributed by atoms with Crippen molar-refractivity contribution < 1.29 is 9.90 Å². The minimum atomic E-state index is -0.686. The lowest BCUT2D eigenvalue weighted by molar-refractivity contribution is -0.149. The number of nitrogens with zero attached hydrogens (tertiary/aromatic N) is 1. The molecular weight excluding hydrogens is 166 g/mol. The molecule has 1 saturated heterocycles. The van der Waals surface area contributed by atoms with Gasteiger partial charge in [0.2, 0.25) is 0 Å². The first-order valence-corrected chi connectivity index (χ1v) is 4.61. The zero-order valence-corrected chi connectivity index (χ0v) is 7.39. The summed E-state index contributed by atoms with van der Waals surface area (Å²) in [4.78, 5) is 12.8. The van der Waals surface area contributed by atoms with E-state index in [1.165, 1.54) is 0 Å². The molecule has 13 heavy (non-hydrogen) atoms. The molecule has 70 valence electrons. The van der Waals surface area contributed by atoms with Gasteiger partial charge >= 0.3 is 5.97 Å². The van der Waals surface area contributed by atoms with Crippen LogP contribution in [0.3, 0.4) is 0 Å². The number of hydrogen-bond donors (Lipinski definition) is 1. The maximum atomic E-state index is 10.8. The van der Waals surface area contributed by atoms with Gasteiger partial charge in [-0.15, -0.1) is 0 Å². The molecule has 1 aliphatic heterocycles. The number of allylic oxidation sites excluding steroid dienone is 2. The molecule has 0 radical (unpaired) electrons. The zero-order chi connectivity index (χ0) is 9.26. The van der Waals surface area contributed by atoms with E-state index in [1.54, 1.807) is 0 Å². The highest BCUT2D eigenvalue weighted by Gasteiger charge is 2.37. The summed E-state index contributed by atoms with van der Waals surface area (Å²) in [5.41, 5.74) is 0. The zero-order valence-electron chi connectivity index (χ0n) is 7.39. The summed E-state index contributed by atoms with van der Waals surface area (Å²) in [5, 5.41) is 8.85. The number of likely N-dealkylation sites (tertiary alicyclic amines) is 1. The molecule has 3 heteroatoms. The van der Waals surface area contributed by atoms with E-state index in [2.05, 4.69) is 12.2 Å². The summed E-state index contributed by atoms with van der Waals surface area (Å²) >= 11 is 0. The average molecular weight is 179 g/mol. The van der Waals surface area contributed by atoms with Crippen molar-refractivity contribution in [3.05, 3.63) is 24.3 Å². The second-order valence-electron chi connectivity index (χ2n) is 3.50. The lowest BCUT2D eigenvalue weighted by Crippen LogP contribution is -2.56. The molecule has 1 heterocycles. The van der Waals surface area contributed by atoms with Crippen molar-refractivity contribution in [1.29, 1.82) is 0 Å². The number of aliphatic carboxylic acids is 1. The Labute approximate surface area is 77.3 Å². The molecule has 0 aromatic heterocycles. The van der Waals surface area contributed by atoms with E-state index >= 15 is 0 Å². The molecule has 1 fully saturated rings. The maximum absolute atomic E-state index is 10.8. The third-order valence-corrected chi connectivity index (χ3v) is 2.73. The normalized spacial score (nSPS) is 32.9. The van der Waals surface area contributed by atoms with Crippen LogP contribution in [0.5, 0.6) is 0 Å². The van der Waals surface area contributed by atoms with Gasteiger partial charge in [0.15, 0.2) is 0 Å². The first-order valence-electron chi connectivity index (χ1n) is 4.61. The summed E-state index contributed by atoms with van der Waals surface area (Å²) in [7, 11) is 0. The number of carboxylic acid groups (broad SMARTS) is 1. The van der Waals surface area contributed by atoms with Crippen molar-refractivity contribution in [2.45, 2.75) is 24.9 Å². The van der Waals surface area contributed by atoms with E-state index < -0.39 is 5.97 Å². The molecule has 2 aliphatic rings. The van der Waals surface area contributed by atoms with Gasteiger partial charge in [-0.1, -0.05) is 24.3 Å². The van der Waals surface area contributed by atoms with E-state index in [0.29, 0.717) is 6.04 Å². The molecule has 2 atom stereocenters. The predicted molar refractivity (Wildman–Crippen MR) is 49.4 cm³/mol. The molecule has 1 N–H and O–H groups in total. The Morgan fingerprint density at radius 2 is 2.31 bits per heavy atom. The van der Waals surface area contributed by atoms with Gasteiger partial charge in [0.1, 0.15) is 6.04 Å². The number of hydrogen-bond acceptors (Lipinski definition) is 2. The molecule has 1 aliphatic carbocycles. The van der Waals surface area contributed by atoms with Gasteiger partial charge in [-0.05, 0) is 12.8 Å². The summed E-state index contributed by atoms with van der Waals surface area (Å²) in [6.07, 6.45) is 9.90. The second-order valence-corrected chi connectivity index (χ2v) is 3.50. The molecule has 0 aromatic carbocycles. The summed E-state index contributed by atoms with van der Waals surface area (Å²) in [6, 6.07) is 0.0565. The van der Waals surface area contributed by atoms with Crippen LogP contribution in [0.4, 0.5) is 0 Å². The standard InChI is InChI=1S/C10H13NO2/c12-10(13)9-6-7-11(9)8-4-2-1-3-5-8/h1-4,8-9H,5-7H2,(H,12,13)/t8-,9-/m0/s1. The summed E-state index contributed by atoms with van der Waals surface area (Å²) < 4.78 is 0. The highest BCUT2D eigenvalue weighted by molar-refractivity contribution is 5.74. The number of carbonyl (C=O) groups is 1. The van der Waals surface area contributed by atoms with Crippen LogP contribution in [0, 0.1) is 0 Å². The monoisotopic (exact) mass is 179 g/mol. The molecule has 0 unspecified atom stereocenters. The van der Waals surface area contributed by atoms with E-state index in [4.69, 9.17) is 5.11 Å². The van der Waals surface area contributed by atoms with Crippen LogP contribution < -0.4 is 0 Å². The average Bonchev–Trinajstić information content (AvgIpc) is 2.02. The van der Waals surface area contributed by atoms with Gasteiger partial charge < -0.3 is 5.11 Å². The Morgan fingerprint density at radius 1 is 1.46 bits per heavy atom. The van der Waals surface area contributed by atoms with Crippen LogP contribution in [0.25, 0.3) is 0 Å². The third kappa shape index (κ3) is 1.52. The van der Waals surface area contributed by atoms with E-state index in [9.17, 15) is 4.79 Å². The lowest BCUT2D eigenvalue weighted by atomic mass is 9.96. The SMILES string of the molecule is O=C(O)[C@@H]1CCN1[C@H]1C=CC=CC1. The Hall–Kier alpha value is -1.09. The molecule has 0 amide bonds. The molecule has 0 aromatic rings. The summed E-state index contributed by atoms with van der Waals surface area (Å²) in [5.74, 6) is -0.686. The minimum Gasteiger partial charge on any atom is -0.480 e. The first-order chi connectivity index (χ1) is 6.29. The fraction of sp³-hybridized carbons (Fsp3) is 0.500. The van der Waals surface area contributed by atoms with Crippen molar-refractivity contribution in [3.63, 3.8) is 0 Å². The van der Waals surface area contributed by atoms with Gasteiger partial charge in [-0.25, -0.2) is 0 Å². The van der Waals surface area contributed by atoms with Gasteiger partial charge in [-0.2, -0.15) is 0 Å². The smallest absolute Gasteiger partial charge is 0.320 e. The quantitative estimate of drug-likeness (QED) is 0.688. The van der Waals surface area contributed by atoms with Crippen molar-refractivity contribution in [2.24, 2.45) is 0 Å². The first kappa shape index (κ1) is 8.51. The minimum absolute atomic E-state index is 0.249. The topological polar surface area (TPSA) is 40.5 Å². The van der Waals surface area contributed by atoms with E-state index in [1.807, 2.05) is 17.1 Å². The second kappa shape index (κ2) is 3.34. The molecular formula is C10H13NO2. The van der Waals surface area contributed by atoms with Crippen LogP contribution in [0.2, 0.25) is 0 Å². The molecule has 0 saturated carbocycles. The van der Waals surface area contributed by atoms with Gasteiger partial charge in [0.25, 0.3) is 0 Å². The van der Waals surface area contributed by atoms with Crippen molar-refractivity contribution in [3.8, 4) is 0 Å². The largest absolute Gasteiger partial charge is 0.480 e. The van der Waals surface area contributed by atoms with Crippen LogP contribution in [-0.4, -0.2) is 34.6 Å².